The first-order valence-corrected chi connectivity index (χ1v) is 16.4. The number of carbonyl (C=O) groups is 2. The van der Waals surface area contributed by atoms with Gasteiger partial charge >= 0.3 is 5.97 Å². The number of thiazole rings is 1. The number of ether oxygens (including phenoxy) is 2. The van der Waals surface area contributed by atoms with Gasteiger partial charge in [-0.2, -0.15) is 0 Å². The molecule has 0 aliphatic carbocycles. The molecule has 0 spiro atoms. The summed E-state index contributed by atoms with van der Waals surface area (Å²) >= 11 is 1.64. The van der Waals surface area contributed by atoms with Gasteiger partial charge in [-0.05, 0) is 51.3 Å². The number of aliphatic hydroxyl groups excluding tert-OH is 2. The molecule has 3 aliphatic heterocycles. The summed E-state index contributed by atoms with van der Waals surface area (Å²) in [4.78, 5) is 36.1. The molecule has 4 heterocycles. The van der Waals surface area contributed by atoms with Crippen LogP contribution < -0.4 is 0 Å². The molecule has 0 unspecified atom stereocenters. The van der Waals surface area contributed by atoms with Crippen LogP contribution in [0.1, 0.15) is 84.3 Å². The van der Waals surface area contributed by atoms with Crippen LogP contribution in [-0.2, 0) is 25.6 Å². The van der Waals surface area contributed by atoms with Crippen LogP contribution in [0.25, 0.3) is 6.08 Å². The van der Waals surface area contributed by atoms with Gasteiger partial charge in [-0.15, -0.1) is 11.3 Å². The predicted molar refractivity (Wildman–Crippen MR) is 164 cm³/mol. The van der Waals surface area contributed by atoms with Gasteiger partial charge < -0.3 is 24.6 Å². The number of ketones is 1. The minimum atomic E-state index is -1.24. The SMILES string of the molecule is CC(=Cc1csc(CN2CCN(C)CC2)n1)[C@@H]1C[C@@H]2O[C@]2(C)CCC[C@H](C)[C@H](O)[C@@H](C)C(=O)C(C)(C)[C@@H](O)CC(=O)O1. The number of esters is 1. The number of epoxide rings is 1. The van der Waals surface area contributed by atoms with Crippen LogP contribution in [0.2, 0.25) is 0 Å². The van der Waals surface area contributed by atoms with Gasteiger partial charge in [0.05, 0.1) is 48.0 Å². The second-order valence-corrected chi connectivity index (χ2v) is 14.7. The highest BCUT2D eigenvalue weighted by atomic mass is 32.1. The van der Waals surface area contributed by atoms with E-state index in [4.69, 9.17) is 14.5 Å². The third kappa shape index (κ3) is 8.07. The summed E-state index contributed by atoms with van der Waals surface area (Å²) in [5, 5.41) is 25.0. The molecule has 9 nitrogen and oxygen atoms in total. The Bertz CT molecular complexity index is 1130. The normalized spacial score (nSPS) is 36.4. The largest absolute Gasteiger partial charge is 0.458 e. The molecular formula is C32H51N3O6S. The molecule has 10 heteroatoms. The van der Waals surface area contributed by atoms with Crippen molar-refractivity contribution in [1.29, 1.82) is 0 Å². The number of cyclic esters (lactones) is 1. The molecule has 0 radical (unpaired) electrons. The predicted octanol–water partition coefficient (Wildman–Crippen LogP) is 3.92. The molecule has 1 aromatic rings. The first-order chi connectivity index (χ1) is 19.7. The molecule has 0 saturated carbocycles. The van der Waals surface area contributed by atoms with E-state index in [0.717, 1.165) is 68.3 Å². The van der Waals surface area contributed by atoms with Crippen molar-refractivity contribution in [2.24, 2.45) is 17.3 Å². The Hall–Kier alpha value is -1.69. The standard InChI is InChI=1S/C32H51N3O6S/c1-20-9-8-10-32(6)26(41-32)16-24(40-28(37)17-25(36)31(4,5)30(39)22(3)29(20)38)21(2)15-23-19-42-27(33-23)18-35-13-11-34(7)12-14-35/h15,19-20,22,24-26,29,36,38H,8-14,16-18H2,1-7H3/t20-,22+,24-,25-,26-,29-,32+/m0/s1. The number of carbonyl (C=O) groups excluding carboxylic acids is 2. The quantitative estimate of drug-likeness (QED) is 0.389. The van der Waals surface area contributed by atoms with E-state index in [1.807, 2.05) is 25.3 Å². The van der Waals surface area contributed by atoms with Gasteiger partial charge in [-0.1, -0.05) is 34.1 Å². The van der Waals surface area contributed by atoms with E-state index in [0.29, 0.717) is 6.42 Å². The number of hydrogen-bond acceptors (Lipinski definition) is 10. The summed E-state index contributed by atoms with van der Waals surface area (Å²) in [6.45, 7) is 16.0. The summed E-state index contributed by atoms with van der Waals surface area (Å²) in [6.07, 6.45) is 1.98. The van der Waals surface area contributed by atoms with E-state index in [1.165, 1.54) is 0 Å². The molecular weight excluding hydrogens is 554 g/mol. The highest BCUT2D eigenvalue weighted by Gasteiger charge is 2.53. The number of nitrogens with zero attached hydrogens (tertiary/aromatic N) is 3. The lowest BCUT2D eigenvalue weighted by atomic mass is 9.73. The van der Waals surface area contributed by atoms with Crippen LogP contribution >= 0.6 is 11.3 Å². The summed E-state index contributed by atoms with van der Waals surface area (Å²) < 4.78 is 12.1. The van der Waals surface area contributed by atoms with E-state index in [2.05, 4.69) is 23.8 Å². The Morgan fingerprint density at radius 3 is 2.55 bits per heavy atom. The minimum absolute atomic E-state index is 0.0584. The van der Waals surface area contributed by atoms with E-state index in [-0.39, 0.29) is 29.8 Å². The van der Waals surface area contributed by atoms with Crippen LogP contribution in [0.4, 0.5) is 0 Å². The molecule has 3 saturated heterocycles. The summed E-state index contributed by atoms with van der Waals surface area (Å²) in [6, 6.07) is 0. The van der Waals surface area contributed by atoms with Crippen molar-refractivity contribution >= 4 is 29.2 Å². The molecule has 0 aromatic carbocycles. The fourth-order valence-corrected chi connectivity index (χ4v) is 7.07. The summed E-state index contributed by atoms with van der Waals surface area (Å²) in [5.41, 5.74) is 0.188. The van der Waals surface area contributed by atoms with Crippen molar-refractivity contribution in [2.45, 2.75) is 110 Å². The van der Waals surface area contributed by atoms with Gasteiger partial charge in [-0.25, -0.2) is 4.98 Å². The second kappa shape index (κ2) is 13.5. The van der Waals surface area contributed by atoms with Gasteiger partial charge in [0, 0.05) is 43.9 Å². The lowest BCUT2D eigenvalue weighted by Gasteiger charge is -2.34. The molecule has 7 atom stereocenters. The van der Waals surface area contributed by atoms with Crippen molar-refractivity contribution in [3.63, 3.8) is 0 Å². The molecule has 0 amide bonds. The zero-order chi connectivity index (χ0) is 30.8. The number of piperazine rings is 1. The van der Waals surface area contributed by atoms with Gasteiger partial charge in [0.15, 0.2) is 0 Å². The van der Waals surface area contributed by atoms with Crippen LogP contribution in [-0.4, -0.2) is 100.0 Å². The lowest BCUT2D eigenvalue weighted by Crippen LogP contribution is -2.45. The number of aliphatic hydroxyl groups is 2. The molecule has 3 fully saturated rings. The first kappa shape index (κ1) is 33.2. The smallest absolute Gasteiger partial charge is 0.309 e. The number of rotatable bonds is 4. The number of Topliss-reactive ketones (excluding diaryl/α,β-unsaturated/α-hetero) is 1. The zero-order valence-corrected chi connectivity index (χ0v) is 27.3. The van der Waals surface area contributed by atoms with Crippen LogP contribution in [0.5, 0.6) is 0 Å². The third-order valence-corrected chi connectivity index (χ3v) is 10.7. The molecule has 4 rings (SSSR count). The maximum Gasteiger partial charge on any atom is 0.309 e. The van der Waals surface area contributed by atoms with Crippen molar-refractivity contribution in [2.75, 3.05) is 33.2 Å². The van der Waals surface area contributed by atoms with Crippen molar-refractivity contribution < 1.29 is 29.3 Å². The molecule has 1 aromatic heterocycles. The number of hydrogen-bond donors (Lipinski definition) is 2. The highest BCUT2D eigenvalue weighted by Crippen LogP contribution is 2.45. The Morgan fingerprint density at radius 2 is 1.86 bits per heavy atom. The molecule has 2 N–H and O–H groups in total. The van der Waals surface area contributed by atoms with Crippen molar-refractivity contribution in [3.05, 3.63) is 21.7 Å². The summed E-state index contributed by atoms with van der Waals surface area (Å²) in [5.74, 6) is -1.56. The lowest BCUT2D eigenvalue weighted by molar-refractivity contribution is -0.154. The van der Waals surface area contributed by atoms with Crippen molar-refractivity contribution in [3.8, 4) is 0 Å². The van der Waals surface area contributed by atoms with Gasteiger partial charge in [0.2, 0.25) is 0 Å². The Morgan fingerprint density at radius 1 is 1.17 bits per heavy atom. The Labute approximate surface area is 255 Å². The van der Waals surface area contributed by atoms with E-state index >= 15 is 0 Å². The number of aromatic nitrogens is 1. The fourth-order valence-electron chi connectivity index (χ4n) is 6.28. The maximum absolute atomic E-state index is 13.3. The minimum Gasteiger partial charge on any atom is -0.458 e. The third-order valence-electron chi connectivity index (χ3n) is 9.81. The Kier molecular flexibility index (Phi) is 10.7. The Balaban J connectivity index is 1.50. The highest BCUT2D eigenvalue weighted by molar-refractivity contribution is 7.09. The average molecular weight is 606 g/mol. The number of fused-ring (bicyclic) bond motifs is 1. The molecule has 236 valence electrons. The molecule has 3 aliphatic rings. The fraction of sp³-hybridized carbons (Fsp3) is 0.781. The topological polar surface area (TPSA) is 116 Å². The van der Waals surface area contributed by atoms with E-state index < -0.39 is 35.6 Å². The monoisotopic (exact) mass is 605 g/mol. The van der Waals surface area contributed by atoms with E-state index in [1.54, 1.807) is 32.1 Å². The van der Waals surface area contributed by atoms with Crippen LogP contribution in [0.3, 0.4) is 0 Å². The van der Waals surface area contributed by atoms with E-state index in [9.17, 15) is 19.8 Å². The van der Waals surface area contributed by atoms with Crippen LogP contribution in [0.15, 0.2) is 11.0 Å². The van der Waals surface area contributed by atoms with Gasteiger partial charge in [-0.3, -0.25) is 14.5 Å². The second-order valence-electron chi connectivity index (χ2n) is 13.7. The van der Waals surface area contributed by atoms with Crippen LogP contribution in [0, 0.1) is 17.3 Å². The molecule has 0 bridgehead atoms. The van der Waals surface area contributed by atoms with Crippen molar-refractivity contribution in [1.82, 2.24) is 14.8 Å². The summed E-state index contributed by atoms with van der Waals surface area (Å²) in [7, 11) is 2.15. The molecule has 42 heavy (non-hydrogen) atoms. The van der Waals surface area contributed by atoms with Gasteiger partial charge in [0.1, 0.15) is 16.9 Å². The average Bonchev–Trinajstić information content (AvgIpc) is 3.35. The maximum atomic E-state index is 13.3. The van der Waals surface area contributed by atoms with Gasteiger partial charge in [0.25, 0.3) is 0 Å². The first-order valence-electron chi connectivity index (χ1n) is 15.5. The zero-order valence-electron chi connectivity index (χ0n) is 26.5. The number of likely N-dealkylation sites (N-methyl/N-ethyl adjacent to an activating group) is 1.